The van der Waals surface area contributed by atoms with Gasteiger partial charge in [-0.25, -0.2) is 9.48 Å². The van der Waals surface area contributed by atoms with Gasteiger partial charge in [-0.15, -0.1) is 5.10 Å². The molecule has 0 aliphatic carbocycles. The van der Waals surface area contributed by atoms with Gasteiger partial charge in [-0.05, 0) is 28.1 Å². The van der Waals surface area contributed by atoms with Crippen LogP contribution in [0.3, 0.4) is 0 Å². The van der Waals surface area contributed by atoms with E-state index in [4.69, 9.17) is 9.52 Å². The summed E-state index contributed by atoms with van der Waals surface area (Å²) in [5, 5.41) is 16.2. The molecule has 7 heteroatoms. The summed E-state index contributed by atoms with van der Waals surface area (Å²) in [6.07, 6.45) is 0. The van der Waals surface area contributed by atoms with E-state index in [1.54, 1.807) is 13.1 Å². The number of hydrogen-bond donors (Lipinski definition) is 1. The zero-order valence-electron chi connectivity index (χ0n) is 7.64. The lowest BCUT2D eigenvalue weighted by molar-refractivity contribution is 0.0663. The summed E-state index contributed by atoms with van der Waals surface area (Å²) >= 11 is 3.20. The van der Waals surface area contributed by atoms with Crippen LogP contribution in [0.2, 0.25) is 0 Å². The fourth-order valence-electron chi connectivity index (χ4n) is 1.17. The van der Waals surface area contributed by atoms with Crippen molar-refractivity contribution in [1.29, 1.82) is 0 Å². The maximum Gasteiger partial charge on any atom is 0.371 e. The number of aromatic nitrogens is 3. The van der Waals surface area contributed by atoms with E-state index in [1.807, 2.05) is 0 Å². The summed E-state index contributed by atoms with van der Waals surface area (Å²) in [6.45, 7) is 0. The Morgan fingerprint density at radius 1 is 1.60 bits per heavy atom. The van der Waals surface area contributed by atoms with E-state index in [9.17, 15) is 4.79 Å². The van der Waals surface area contributed by atoms with Crippen LogP contribution in [0.25, 0.3) is 11.5 Å². The first-order valence-corrected chi connectivity index (χ1v) is 4.77. The Hall–Kier alpha value is -1.63. The van der Waals surface area contributed by atoms with Gasteiger partial charge < -0.3 is 9.52 Å². The number of rotatable bonds is 2. The molecule has 6 nitrogen and oxygen atoms in total. The predicted molar refractivity (Wildman–Crippen MR) is 53.4 cm³/mol. The largest absolute Gasteiger partial charge is 0.475 e. The number of hydrogen-bond acceptors (Lipinski definition) is 4. The third kappa shape index (κ3) is 1.65. The van der Waals surface area contributed by atoms with Crippen LogP contribution in [-0.4, -0.2) is 26.1 Å². The quantitative estimate of drug-likeness (QED) is 0.896. The molecule has 0 atom stereocenters. The standard InChI is InChI=1S/C8H6BrN3O3/c1-12-6(7(9)10-11-12)4-2-3-5(15-4)8(13)14/h2-3H,1H3,(H,13,14). The Morgan fingerprint density at radius 3 is 2.80 bits per heavy atom. The number of carboxylic acids is 1. The van der Waals surface area contributed by atoms with Gasteiger partial charge in [0.05, 0.1) is 0 Å². The molecule has 0 fully saturated rings. The topological polar surface area (TPSA) is 81.2 Å². The average Bonchev–Trinajstić information content (AvgIpc) is 2.73. The number of carboxylic acid groups (broad SMARTS) is 1. The zero-order valence-corrected chi connectivity index (χ0v) is 9.22. The molecule has 78 valence electrons. The van der Waals surface area contributed by atoms with Gasteiger partial charge in [0.2, 0.25) is 5.76 Å². The van der Waals surface area contributed by atoms with Crippen LogP contribution in [0.15, 0.2) is 21.2 Å². The Labute approximate surface area is 92.6 Å². The molecular weight excluding hydrogens is 266 g/mol. The molecule has 0 aliphatic heterocycles. The van der Waals surface area contributed by atoms with Crippen molar-refractivity contribution in [2.75, 3.05) is 0 Å². The fourth-order valence-corrected chi connectivity index (χ4v) is 1.70. The Morgan fingerprint density at radius 2 is 2.33 bits per heavy atom. The van der Waals surface area contributed by atoms with Gasteiger partial charge in [0.15, 0.2) is 10.4 Å². The van der Waals surface area contributed by atoms with Gasteiger partial charge in [0, 0.05) is 7.05 Å². The van der Waals surface area contributed by atoms with E-state index in [0.29, 0.717) is 16.1 Å². The number of nitrogens with zero attached hydrogens (tertiary/aromatic N) is 3. The van der Waals surface area contributed by atoms with Crippen molar-refractivity contribution in [2.24, 2.45) is 7.05 Å². The Balaban J connectivity index is 2.50. The van der Waals surface area contributed by atoms with Crippen LogP contribution in [0.1, 0.15) is 10.6 Å². The molecule has 2 rings (SSSR count). The Bertz CT molecular complexity index is 497. The van der Waals surface area contributed by atoms with E-state index >= 15 is 0 Å². The highest BCUT2D eigenvalue weighted by atomic mass is 79.9. The molecule has 1 N–H and O–H groups in total. The Kier molecular flexibility index (Phi) is 2.31. The molecule has 0 aliphatic rings. The molecule has 0 amide bonds. The third-order valence-corrected chi connectivity index (χ3v) is 2.37. The molecule has 0 bridgehead atoms. The molecule has 0 radical (unpaired) electrons. The van der Waals surface area contributed by atoms with Crippen molar-refractivity contribution in [3.05, 3.63) is 22.5 Å². The summed E-state index contributed by atoms with van der Waals surface area (Å²) in [4.78, 5) is 10.6. The minimum absolute atomic E-state index is 0.113. The molecular formula is C8H6BrN3O3. The second kappa shape index (κ2) is 3.50. The first-order valence-electron chi connectivity index (χ1n) is 3.98. The van der Waals surface area contributed by atoms with Gasteiger partial charge in [-0.1, -0.05) is 5.21 Å². The minimum Gasteiger partial charge on any atom is -0.475 e. The number of halogens is 1. The lowest BCUT2D eigenvalue weighted by atomic mass is 10.3. The molecule has 0 saturated heterocycles. The first-order chi connectivity index (χ1) is 7.09. The summed E-state index contributed by atoms with van der Waals surface area (Å²) < 4.78 is 7.13. The smallest absolute Gasteiger partial charge is 0.371 e. The third-order valence-electron chi connectivity index (χ3n) is 1.84. The zero-order chi connectivity index (χ0) is 11.0. The molecule has 0 unspecified atom stereocenters. The van der Waals surface area contributed by atoms with E-state index in [2.05, 4.69) is 26.2 Å². The fraction of sp³-hybridized carbons (Fsp3) is 0.125. The average molecular weight is 272 g/mol. The summed E-state index contributed by atoms with van der Waals surface area (Å²) in [5.74, 6) is -0.808. The van der Waals surface area contributed by atoms with Gasteiger partial charge >= 0.3 is 5.97 Å². The summed E-state index contributed by atoms with van der Waals surface area (Å²) in [6, 6.07) is 2.95. The van der Waals surface area contributed by atoms with Crippen molar-refractivity contribution in [3.63, 3.8) is 0 Å². The normalized spacial score (nSPS) is 10.5. The number of furan rings is 1. The van der Waals surface area contributed by atoms with Crippen molar-refractivity contribution in [3.8, 4) is 11.5 Å². The number of aromatic carboxylic acids is 1. The second-order valence-corrected chi connectivity index (χ2v) is 3.57. The van der Waals surface area contributed by atoms with Crippen molar-refractivity contribution in [1.82, 2.24) is 15.0 Å². The first kappa shape index (κ1) is 9.91. The molecule has 0 spiro atoms. The van der Waals surface area contributed by atoms with Crippen molar-refractivity contribution < 1.29 is 14.3 Å². The van der Waals surface area contributed by atoms with E-state index < -0.39 is 5.97 Å². The summed E-state index contributed by atoms with van der Waals surface area (Å²) in [7, 11) is 1.69. The monoisotopic (exact) mass is 271 g/mol. The van der Waals surface area contributed by atoms with E-state index in [-0.39, 0.29) is 5.76 Å². The van der Waals surface area contributed by atoms with Crippen molar-refractivity contribution in [2.45, 2.75) is 0 Å². The van der Waals surface area contributed by atoms with Crippen LogP contribution in [0.4, 0.5) is 0 Å². The van der Waals surface area contributed by atoms with Gasteiger partial charge in [0.25, 0.3) is 0 Å². The van der Waals surface area contributed by atoms with Crippen LogP contribution >= 0.6 is 15.9 Å². The summed E-state index contributed by atoms with van der Waals surface area (Å²) in [5.41, 5.74) is 0.600. The lowest BCUT2D eigenvalue weighted by Gasteiger charge is -1.95. The molecule has 15 heavy (non-hydrogen) atoms. The molecule has 2 heterocycles. The SMILES string of the molecule is Cn1nnc(Br)c1-c1ccc(C(=O)O)o1. The molecule has 2 aromatic heterocycles. The van der Waals surface area contributed by atoms with Crippen LogP contribution < -0.4 is 0 Å². The van der Waals surface area contributed by atoms with E-state index in [1.165, 1.54) is 10.7 Å². The van der Waals surface area contributed by atoms with Gasteiger partial charge in [-0.3, -0.25) is 0 Å². The molecule has 0 saturated carbocycles. The highest BCUT2D eigenvalue weighted by Gasteiger charge is 2.16. The number of carbonyl (C=O) groups is 1. The predicted octanol–water partition coefficient (Wildman–Crippen LogP) is 1.54. The highest BCUT2D eigenvalue weighted by Crippen LogP contribution is 2.27. The second-order valence-electron chi connectivity index (χ2n) is 2.82. The highest BCUT2D eigenvalue weighted by molar-refractivity contribution is 9.10. The van der Waals surface area contributed by atoms with Crippen LogP contribution in [0.5, 0.6) is 0 Å². The van der Waals surface area contributed by atoms with E-state index in [0.717, 1.165) is 0 Å². The van der Waals surface area contributed by atoms with Crippen LogP contribution in [0, 0.1) is 0 Å². The van der Waals surface area contributed by atoms with Crippen LogP contribution in [-0.2, 0) is 7.05 Å². The van der Waals surface area contributed by atoms with Crippen molar-refractivity contribution >= 4 is 21.9 Å². The maximum absolute atomic E-state index is 10.6. The van der Waals surface area contributed by atoms with Gasteiger partial charge in [0.1, 0.15) is 5.69 Å². The maximum atomic E-state index is 10.6. The molecule has 2 aromatic rings. The number of aryl methyl sites for hydroxylation is 1. The minimum atomic E-state index is -1.10. The molecule has 0 aromatic carbocycles. The lowest BCUT2D eigenvalue weighted by Crippen LogP contribution is -1.94. The van der Waals surface area contributed by atoms with Gasteiger partial charge in [-0.2, -0.15) is 0 Å².